The van der Waals surface area contributed by atoms with Crippen molar-refractivity contribution in [1.82, 2.24) is 19.7 Å². The highest BCUT2D eigenvalue weighted by atomic mass is 16.5. The number of rotatable bonds is 3. The molecule has 3 heterocycles. The van der Waals surface area contributed by atoms with Crippen molar-refractivity contribution in [2.24, 2.45) is 5.92 Å². The second-order valence-electron chi connectivity index (χ2n) is 6.50. The summed E-state index contributed by atoms with van der Waals surface area (Å²) in [5.74, 6) is 1.07. The van der Waals surface area contributed by atoms with Gasteiger partial charge in [-0.2, -0.15) is 10.1 Å². The van der Waals surface area contributed by atoms with E-state index in [2.05, 4.69) is 21.9 Å². The van der Waals surface area contributed by atoms with E-state index in [0.717, 1.165) is 18.7 Å². The first-order valence-electron chi connectivity index (χ1n) is 8.48. The number of aromatic amines is 1. The van der Waals surface area contributed by atoms with Gasteiger partial charge in [-0.3, -0.25) is 9.78 Å². The zero-order chi connectivity index (χ0) is 17.4. The van der Waals surface area contributed by atoms with E-state index in [-0.39, 0.29) is 11.7 Å². The third-order valence-electron chi connectivity index (χ3n) is 4.92. The minimum absolute atomic E-state index is 0.133. The number of anilines is 1. The van der Waals surface area contributed by atoms with Crippen molar-refractivity contribution in [3.8, 4) is 5.69 Å². The molecule has 0 amide bonds. The molecule has 7 heteroatoms. The molecule has 0 spiro atoms. The van der Waals surface area contributed by atoms with Gasteiger partial charge in [-0.1, -0.05) is 25.1 Å². The number of hydrogen-bond acceptors (Lipinski definition) is 5. The number of hydrogen-bond donors (Lipinski definition) is 1. The number of benzene rings is 1. The van der Waals surface area contributed by atoms with Gasteiger partial charge in [-0.15, -0.1) is 0 Å². The maximum Gasteiger partial charge on any atom is 0.263 e. The molecule has 1 N–H and O–H groups in total. The molecular formula is C18H21N5O2. The molecule has 0 bridgehead atoms. The first kappa shape index (κ1) is 15.8. The highest BCUT2D eigenvalue weighted by Crippen LogP contribution is 2.23. The Balaban J connectivity index is 1.77. The molecular weight excluding hydrogens is 318 g/mol. The van der Waals surface area contributed by atoms with Crippen LogP contribution in [0, 0.1) is 5.92 Å². The van der Waals surface area contributed by atoms with Crippen LogP contribution in [0.2, 0.25) is 0 Å². The molecule has 2 atom stereocenters. The molecule has 25 heavy (non-hydrogen) atoms. The van der Waals surface area contributed by atoms with Gasteiger partial charge in [-0.25, -0.2) is 4.68 Å². The summed E-state index contributed by atoms with van der Waals surface area (Å²) in [4.78, 5) is 22.2. The Morgan fingerprint density at radius 1 is 1.28 bits per heavy atom. The fourth-order valence-corrected chi connectivity index (χ4v) is 3.35. The van der Waals surface area contributed by atoms with Crippen LogP contribution < -0.4 is 10.5 Å². The van der Waals surface area contributed by atoms with Crippen molar-refractivity contribution in [2.45, 2.75) is 19.4 Å². The molecule has 0 saturated carbocycles. The van der Waals surface area contributed by atoms with Gasteiger partial charge >= 0.3 is 0 Å². The number of ether oxygens (including phenoxy) is 1. The lowest BCUT2D eigenvalue weighted by Gasteiger charge is -2.36. The van der Waals surface area contributed by atoms with Crippen molar-refractivity contribution in [1.29, 1.82) is 0 Å². The molecule has 1 aliphatic rings. The van der Waals surface area contributed by atoms with Crippen molar-refractivity contribution in [3.63, 3.8) is 0 Å². The minimum Gasteiger partial charge on any atom is -0.379 e. The second kappa shape index (κ2) is 6.33. The molecule has 0 radical (unpaired) electrons. The molecule has 4 rings (SSSR count). The number of nitrogens with one attached hydrogen (secondary N) is 1. The fraction of sp³-hybridized carbons (Fsp3) is 0.389. The maximum absolute atomic E-state index is 12.5. The molecule has 2 aromatic heterocycles. The first-order chi connectivity index (χ1) is 12.2. The van der Waals surface area contributed by atoms with Crippen LogP contribution in [0.5, 0.6) is 0 Å². The Kier molecular flexibility index (Phi) is 4.01. The summed E-state index contributed by atoms with van der Waals surface area (Å²) in [6, 6.07) is 9.70. The van der Waals surface area contributed by atoms with Crippen molar-refractivity contribution in [3.05, 3.63) is 46.9 Å². The van der Waals surface area contributed by atoms with E-state index in [4.69, 9.17) is 9.72 Å². The standard InChI is InChI=1S/C18H21N5O2/c1-12-8-9-22(11-15(12)25-2)18-20-16-14(17(24)21-18)10-19-23(16)13-6-4-3-5-7-13/h3-7,10,12,15H,8-9,11H2,1-2H3,(H,20,21,24). The quantitative estimate of drug-likeness (QED) is 0.789. The number of para-hydroxylation sites is 1. The summed E-state index contributed by atoms with van der Waals surface area (Å²) >= 11 is 0. The third-order valence-corrected chi connectivity index (χ3v) is 4.92. The monoisotopic (exact) mass is 339 g/mol. The average molecular weight is 339 g/mol. The van der Waals surface area contributed by atoms with Crippen LogP contribution in [0.4, 0.5) is 5.95 Å². The van der Waals surface area contributed by atoms with E-state index in [1.54, 1.807) is 18.0 Å². The number of nitrogens with zero attached hydrogens (tertiary/aromatic N) is 4. The van der Waals surface area contributed by atoms with Crippen LogP contribution in [-0.4, -0.2) is 46.1 Å². The third kappa shape index (κ3) is 2.80. The van der Waals surface area contributed by atoms with E-state index in [1.165, 1.54) is 0 Å². The largest absolute Gasteiger partial charge is 0.379 e. The van der Waals surface area contributed by atoms with Gasteiger partial charge in [0.25, 0.3) is 5.56 Å². The summed E-state index contributed by atoms with van der Waals surface area (Å²) in [7, 11) is 1.73. The van der Waals surface area contributed by atoms with E-state index < -0.39 is 0 Å². The summed E-state index contributed by atoms with van der Waals surface area (Å²) in [6.45, 7) is 3.75. The number of fused-ring (bicyclic) bond motifs is 1. The Hall–Kier alpha value is -2.67. The minimum atomic E-state index is -0.172. The zero-order valence-corrected chi connectivity index (χ0v) is 14.3. The molecule has 7 nitrogen and oxygen atoms in total. The Bertz CT molecular complexity index is 934. The SMILES string of the molecule is COC1CN(c2nc3c(cnn3-c3ccccc3)c(=O)[nH]2)CCC1C. The van der Waals surface area contributed by atoms with Gasteiger partial charge in [-0.05, 0) is 24.5 Å². The Labute approximate surface area is 145 Å². The number of piperidine rings is 1. The van der Waals surface area contributed by atoms with E-state index >= 15 is 0 Å². The molecule has 0 aliphatic carbocycles. The van der Waals surface area contributed by atoms with Crippen LogP contribution in [-0.2, 0) is 4.74 Å². The predicted octanol–water partition coefficient (Wildman–Crippen LogP) is 1.97. The highest BCUT2D eigenvalue weighted by molar-refractivity contribution is 5.76. The van der Waals surface area contributed by atoms with Gasteiger partial charge < -0.3 is 9.64 Å². The molecule has 1 aromatic carbocycles. The molecule has 3 aromatic rings. The molecule has 1 fully saturated rings. The summed E-state index contributed by atoms with van der Waals surface area (Å²) in [5.41, 5.74) is 1.27. The first-order valence-corrected chi connectivity index (χ1v) is 8.48. The van der Waals surface area contributed by atoms with Crippen LogP contribution in [0.1, 0.15) is 13.3 Å². The summed E-state index contributed by atoms with van der Waals surface area (Å²) in [5, 5.41) is 4.83. The van der Waals surface area contributed by atoms with Crippen molar-refractivity contribution < 1.29 is 4.74 Å². The fourth-order valence-electron chi connectivity index (χ4n) is 3.35. The van der Waals surface area contributed by atoms with E-state index in [9.17, 15) is 4.79 Å². The molecule has 130 valence electrons. The normalized spacial score (nSPS) is 21.0. The van der Waals surface area contributed by atoms with Gasteiger partial charge in [0, 0.05) is 20.2 Å². The van der Waals surface area contributed by atoms with Gasteiger partial charge in [0.05, 0.1) is 18.0 Å². The Morgan fingerprint density at radius 2 is 2.08 bits per heavy atom. The van der Waals surface area contributed by atoms with Crippen LogP contribution in [0.15, 0.2) is 41.3 Å². The van der Waals surface area contributed by atoms with Crippen molar-refractivity contribution in [2.75, 3.05) is 25.1 Å². The lowest BCUT2D eigenvalue weighted by molar-refractivity contribution is 0.0494. The lowest BCUT2D eigenvalue weighted by atomic mass is 9.96. The topological polar surface area (TPSA) is 76.0 Å². The van der Waals surface area contributed by atoms with Gasteiger partial charge in [0.15, 0.2) is 5.65 Å². The lowest BCUT2D eigenvalue weighted by Crippen LogP contribution is -2.45. The van der Waals surface area contributed by atoms with Gasteiger partial charge in [0.1, 0.15) is 5.39 Å². The molecule has 1 saturated heterocycles. The van der Waals surface area contributed by atoms with Gasteiger partial charge in [0.2, 0.25) is 5.95 Å². The van der Waals surface area contributed by atoms with Crippen LogP contribution >= 0.6 is 0 Å². The second-order valence-corrected chi connectivity index (χ2v) is 6.50. The summed E-state index contributed by atoms with van der Waals surface area (Å²) in [6.07, 6.45) is 2.70. The number of H-pyrrole nitrogens is 1. The van der Waals surface area contributed by atoms with Crippen LogP contribution in [0.25, 0.3) is 16.7 Å². The number of aromatic nitrogens is 4. The highest BCUT2D eigenvalue weighted by Gasteiger charge is 2.27. The maximum atomic E-state index is 12.5. The van der Waals surface area contributed by atoms with Crippen molar-refractivity contribution >= 4 is 17.0 Å². The smallest absolute Gasteiger partial charge is 0.263 e. The zero-order valence-electron chi connectivity index (χ0n) is 14.3. The summed E-state index contributed by atoms with van der Waals surface area (Å²) < 4.78 is 7.27. The van der Waals surface area contributed by atoms with E-state index in [1.807, 2.05) is 30.3 Å². The van der Waals surface area contributed by atoms with Crippen LogP contribution in [0.3, 0.4) is 0 Å². The average Bonchev–Trinajstić information content (AvgIpc) is 3.07. The predicted molar refractivity (Wildman–Crippen MR) is 96.3 cm³/mol. The molecule has 2 unspecified atom stereocenters. The Morgan fingerprint density at radius 3 is 2.84 bits per heavy atom. The number of methoxy groups -OCH3 is 1. The van der Waals surface area contributed by atoms with E-state index in [0.29, 0.717) is 29.4 Å². The molecule has 1 aliphatic heterocycles.